The van der Waals surface area contributed by atoms with E-state index in [1.807, 2.05) is 37.3 Å². The number of nitrogen functional groups attached to an aromatic ring is 1. The lowest BCUT2D eigenvalue weighted by molar-refractivity contribution is 0.423. The highest BCUT2D eigenvalue weighted by molar-refractivity contribution is 7.89. The van der Waals surface area contributed by atoms with Gasteiger partial charge in [-0.05, 0) is 29.8 Å². The highest BCUT2D eigenvalue weighted by Gasteiger charge is 2.22. The molecule has 0 saturated heterocycles. The van der Waals surface area contributed by atoms with Crippen LogP contribution in [0.2, 0.25) is 0 Å². The number of rotatable bonds is 5. The SMILES string of the molecule is CCN(Cc1ccccc1)S(=O)(=O)c1ccc(N)cc1. The lowest BCUT2D eigenvalue weighted by Crippen LogP contribution is -2.30. The van der Waals surface area contributed by atoms with Crippen LogP contribution in [0.15, 0.2) is 59.5 Å². The van der Waals surface area contributed by atoms with E-state index in [0.29, 0.717) is 18.8 Å². The van der Waals surface area contributed by atoms with Crippen LogP contribution in [0, 0.1) is 0 Å². The van der Waals surface area contributed by atoms with E-state index in [0.717, 1.165) is 5.56 Å². The van der Waals surface area contributed by atoms with E-state index in [1.54, 1.807) is 24.3 Å². The molecule has 0 unspecified atom stereocenters. The van der Waals surface area contributed by atoms with Gasteiger partial charge in [0.2, 0.25) is 10.0 Å². The molecule has 106 valence electrons. The molecule has 0 amide bonds. The Bertz CT molecular complexity index is 652. The zero-order valence-corrected chi connectivity index (χ0v) is 12.2. The second-order valence-corrected chi connectivity index (χ2v) is 6.42. The Morgan fingerprint density at radius 2 is 1.60 bits per heavy atom. The second-order valence-electron chi connectivity index (χ2n) is 4.49. The fourth-order valence-corrected chi connectivity index (χ4v) is 3.38. The van der Waals surface area contributed by atoms with Crippen LogP contribution < -0.4 is 5.73 Å². The van der Waals surface area contributed by atoms with E-state index in [4.69, 9.17) is 5.73 Å². The molecule has 0 aliphatic carbocycles. The smallest absolute Gasteiger partial charge is 0.243 e. The van der Waals surface area contributed by atoms with Gasteiger partial charge in [-0.15, -0.1) is 0 Å². The Morgan fingerprint density at radius 1 is 1.00 bits per heavy atom. The second kappa shape index (κ2) is 6.07. The average Bonchev–Trinajstić information content (AvgIpc) is 2.46. The van der Waals surface area contributed by atoms with E-state index >= 15 is 0 Å². The largest absolute Gasteiger partial charge is 0.399 e. The Kier molecular flexibility index (Phi) is 4.42. The number of sulfonamides is 1. The normalized spacial score (nSPS) is 11.7. The van der Waals surface area contributed by atoms with Crippen molar-refractivity contribution < 1.29 is 8.42 Å². The summed E-state index contributed by atoms with van der Waals surface area (Å²) in [4.78, 5) is 0.268. The number of hydrogen-bond acceptors (Lipinski definition) is 3. The highest BCUT2D eigenvalue weighted by Crippen LogP contribution is 2.19. The first-order valence-corrected chi connectivity index (χ1v) is 7.87. The predicted octanol–water partition coefficient (Wildman–Crippen LogP) is 2.48. The summed E-state index contributed by atoms with van der Waals surface area (Å²) < 4.78 is 26.6. The third-order valence-electron chi connectivity index (χ3n) is 3.07. The maximum atomic E-state index is 12.6. The Labute approximate surface area is 119 Å². The molecule has 2 N–H and O–H groups in total. The van der Waals surface area contributed by atoms with Crippen molar-refractivity contribution in [3.8, 4) is 0 Å². The van der Waals surface area contributed by atoms with Gasteiger partial charge in [-0.3, -0.25) is 0 Å². The molecule has 0 bridgehead atoms. The molecule has 0 heterocycles. The van der Waals surface area contributed by atoms with Crippen molar-refractivity contribution in [2.45, 2.75) is 18.4 Å². The maximum Gasteiger partial charge on any atom is 0.243 e. The Balaban J connectivity index is 2.28. The van der Waals surface area contributed by atoms with Gasteiger partial charge in [-0.2, -0.15) is 4.31 Å². The van der Waals surface area contributed by atoms with Crippen molar-refractivity contribution in [3.63, 3.8) is 0 Å². The molecule has 0 aliphatic heterocycles. The lowest BCUT2D eigenvalue weighted by Gasteiger charge is -2.20. The van der Waals surface area contributed by atoms with Crippen LogP contribution in [0.1, 0.15) is 12.5 Å². The molecule has 0 radical (unpaired) electrons. The van der Waals surface area contributed by atoms with Gasteiger partial charge in [0, 0.05) is 18.8 Å². The summed E-state index contributed by atoms with van der Waals surface area (Å²) >= 11 is 0. The van der Waals surface area contributed by atoms with Gasteiger partial charge in [0.05, 0.1) is 4.90 Å². The van der Waals surface area contributed by atoms with Gasteiger partial charge in [-0.25, -0.2) is 8.42 Å². The number of nitrogens with zero attached hydrogens (tertiary/aromatic N) is 1. The summed E-state index contributed by atoms with van der Waals surface area (Å²) in [6.45, 7) is 2.61. The topological polar surface area (TPSA) is 63.4 Å². The molecule has 0 fully saturated rings. The van der Waals surface area contributed by atoms with Crippen molar-refractivity contribution in [1.29, 1.82) is 0 Å². The molecule has 0 saturated carbocycles. The lowest BCUT2D eigenvalue weighted by atomic mass is 10.2. The number of anilines is 1. The van der Waals surface area contributed by atoms with Gasteiger partial charge in [-0.1, -0.05) is 37.3 Å². The standard InChI is InChI=1S/C15H18N2O2S/c1-2-17(12-13-6-4-3-5-7-13)20(18,19)15-10-8-14(16)9-11-15/h3-11H,2,12,16H2,1H3. The van der Waals surface area contributed by atoms with E-state index in [2.05, 4.69) is 0 Å². The average molecular weight is 290 g/mol. The molecule has 0 aliphatic rings. The van der Waals surface area contributed by atoms with Crippen LogP contribution in [0.3, 0.4) is 0 Å². The maximum absolute atomic E-state index is 12.6. The first-order chi connectivity index (χ1) is 9.54. The molecule has 20 heavy (non-hydrogen) atoms. The molecule has 0 atom stereocenters. The van der Waals surface area contributed by atoms with Crippen LogP contribution in [-0.2, 0) is 16.6 Å². The summed E-state index contributed by atoms with van der Waals surface area (Å²) in [5, 5.41) is 0. The van der Waals surface area contributed by atoms with Gasteiger partial charge in [0.25, 0.3) is 0 Å². The first kappa shape index (κ1) is 14.6. The fourth-order valence-electron chi connectivity index (χ4n) is 1.94. The third-order valence-corrected chi connectivity index (χ3v) is 5.01. The highest BCUT2D eigenvalue weighted by atomic mass is 32.2. The van der Waals surface area contributed by atoms with Crippen LogP contribution in [0.4, 0.5) is 5.69 Å². The van der Waals surface area contributed by atoms with Gasteiger partial charge < -0.3 is 5.73 Å². The minimum absolute atomic E-state index is 0.268. The monoisotopic (exact) mass is 290 g/mol. The molecule has 5 heteroatoms. The zero-order chi connectivity index (χ0) is 14.6. The molecule has 0 spiro atoms. The molecule has 2 aromatic rings. The van der Waals surface area contributed by atoms with Crippen molar-refractivity contribution >= 4 is 15.7 Å². The van der Waals surface area contributed by atoms with Crippen LogP contribution in [-0.4, -0.2) is 19.3 Å². The number of benzene rings is 2. The summed E-state index contributed by atoms with van der Waals surface area (Å²) in [5.74, 6) is 0. The van der Waals surface area contributed by atoms with Crippen LogP contribution in [0.5, 0.6) is 0 Å². The molecule has 0 aromatic heterocycles. The first-order valence-electron chi connectivity index (χ1n) is 6.43. The minimum atomic E-state index is -3.49. The van der Waals surface area contributed by atoms with Crippen molar-refractivity contribution in [2.24, 2.45) is 0 Å². The predicted molar refractivity (Wildman–Crippen MR) is 80.6 cm³/mol. The van der Waals surface area contributed by atoms with E-state index in [1.165, 1.54) is 4.31 Å². The number of hydrogen-bond donors (Lipinski definition) is 1. The van der Waals surface area contributed by atoms with Gasteiger partial charge in [0.1, 0.15) is 0 Å². The fraction of sp³-hybridized carbons (Fsp3) is 0.200. The summed E-state index contributed by atoms with van der Waals surface area (Å²) in [5.41, 5.74) is 7.11. The quantitative estimate of drug-likeness (QED) is 0.860. The van der Waals surface area contributed by atoms with Crippen LogP contribution in [0.25, 0.3) is 0 Å². The molecule has 2 aromatic carbocycles. The summed E-state index contributed by atoms with van der Waals surface area (Å²) in [6.07, 6.45) is 0. The van der Waals surface area contributed by atoms with E-state index < -0.39 is 10.0 Å². The van der Waals surface area contributed by atoms with E-state index in [-0.39, 0.29) is 4.90 Å². The van der Waals surface area contributed by atoms with Crippen molar-refractivity contribution in [2.75, 3.05) is 12.3 Å². The van der Waals surface area contributed by atoms with Crippen LogP contribution >= 0.6 is 0 Å². The van der Waals surface area contributed by atoms with Crippen molar-refractivity contribution in [1.82, 2.24) is 4.31 Å². The molecular weight excluding hydrogens is 272 g/mol. The zero-order valence-electron chi connectivity index (χ0n) is 11.4. The molecule has 4 nitrogen and oxygen atoms in total. The Hall–Kier alpha value is -1.85. The molecular formula is C15H18N2O2S. The van der Waals surface area contributed by atoms with Gasteiger partial charge in [0.15, 0.2) is 0 Å². The van der Waals surface area contributed by atoms with E-state index in [9.17, 15) is 8.42 Å². The van der Waals surface area contributed by atoms with Gasteiger partial charge >= 0.3 is 0 Å². The minimum Gasteiger partial charge on any atom is -0.399 e. The molecule has 2 rings (SSSR count). The summed E-state index contributed by atoms with van der Waals surface area (Å²) in [7, 11) is -3.49. The number of nitrogens with two attached hydrogens (primary N) is 1. The third kappa shape index (κ3) is 3.18. The summed E-state index contributed by atoms with van der Waals surface area (Å²) in [6, 6.07) is 15.8. The van der Waals surface area contributed by atoms with Crippen molar-refractivity contribution in [3.05, 3.63) is 60.2 Å². The Morgan fingerprint density at radius 3 is 2.15 bits per heavy atom.